The highest BCUT2D eigenvalue weighted by Crippen LogP contribution is 2.26. The molecule has 1 atom stereocenters. The fourth-order valence-corrected chi connectivity index (χ4v) is 2.26. The number of pyridine rings is 1. The van der Waals surface area contributed by atoms with Crippen LogP contribution in [-0.4, -0.2) is 42.7 Å². The Bertz CT molecular complexity index is 495. The zero-order valence-corrected chi connectivity index (χ0v) is 12.4. The lowest BCUT2D eigenvalue weighted by Crippen LogP contribution is -2.55. The number of ether oxygens (including phenoxy) is 1. The summed E-state index contributed by atoms with van der Waals surface area (Å²) < 4.78 is 5.40. The van der Waals surface area contributed by atoms with Crippen LogP contribution in [0.25, 0.3) is 0 Å². The van der Waals surface area contributed by atoms with Crippen molar-refractivity contribution in [1.82, 2.24) is 10.3 Å². The van der Waals surface area contributed by atoms with Gasteiger partial charge in [-0.3, -0.25) is 4.79 Å². The van der Waals surface area contributed by atoms with Crippen LogP contribution in [-0.2, 0) is 9.53 Å². The van der Waals surface area contributed by atoms with E-state index in [1.54, 1.807) is 12.1 Å². The van der Waals surface area contributed by atoms with Crippen LogP contribution in [0.5, 0.6) is 0 Å². The number of hydrogen-bond donors (Lipinski definition) is 2. The number of hydrogen-bond acceptors (Lipinski definition) is 5. The molecule has 0 bridgehead atoms. The molecule has 6 nitrogen and oxygen atoms in total. The summed E-state index contributed by atoms with van der Waals surface area (Å²) in [5.41, 5.74) is 6.45. The summed E-state index contributed by atoms with van der Waals surface area (Å²) in [6, 6.07) is 2.94. The molecule has 1 aliphatic heterocycles. The zero-order chi connectivity index (χ0) is 14.7. The van der Waals surface area contributed by atoms with Gasteiger partial charge in [0.05, 0.1) is 18.9 Å². The molecule has 0 saturated carbocycles. The molecule has 0 aliphatic carbocycles. The molecule has 2 heterocycles. The second-order valence-corrected chi connectivity index (χ2v) is 5.38. The molecule has 20 heavy (non-hydrogen) atoms. The Hall–Kier alpha value is -1.53. The molecular weight excluding hydrogens is 280 g/mol. The van der Waals surface area contributed by atoms with Gasteiger partial charge < -0.3 is 20.7 Å². The molecule has 0 radical (unpaired) electrons. The van der Waals surface area contributed by atoms with E-state index in [4.69, 9.17) is 22.1 Å². The van der Waals surface area contributed by atoms with Gasteiger partial charge in [0.1, 0.15) is 11.2 Å². The molecule has 1 aliphatic rings. The summed E-state index contributed by atoms with van der Waals surface area (Å²) in [5.74, 6) is 0.436. The van der Waals surface area contributed by atoms with Crippen molar-refractivity contribution < 1.29 is 9.53 Å². The summed E-state index contributed by atoms with van der Waals surface area (Å²) in [6.07, 6.45) is 0. The van der Waals surface area contributed by atoms with Gasteiger partial charge >= 0.3 is 0 Å². The highest BCUT2D eigenvalue weighted by molar-refractivity contribution is 6.29. The van der Waals surface area contributed by atoms with Gasteiger partial charge in [-0.25, -0.2) is 4.98 Å². The lowest BCUT2D eigenvalue weighted by atomic mass is 10.2. The third kappa shape index (κ3) is 3.32. The topological polar surface area (TPSA) is 80.5 Å². The third-order valence-electron chi connectivity index (χ3n) is 3.01. The van der Waals surface area contributed by atoms with Crippen LogP contribution in [0.1, 0.15) is 13.8 Å². The van der Waals surface area contributed by atoms with Crippen LogP contribution < -0.4 is 16.0 Å². The molecule has 1 saturated heterocycles. The first-order valence-electron chi connectivity index (χ1n) is 6.56. The quantitative estimate of drug-likeness (QED) is 0.815. The van der Waals surface area contributed by atoms with E-state index in [0.29, 0.717) is 36.4 Å². The van der Waals surface area contributed by atoms with E-state index >= 15 is 0 Å². The zero-order valence-electron chi connectivity index (χ0n) is 11.6. The maximum atomic E-state index is 12.3. The van der Waals surface area contributed by atoms with Gasteiger partial charge in [0, 0.05) is 12.6 Å². The number of amides is 1. The van der Waals surface area contributed by atoms with E-state index in [9.17, 15) is 4.79 Å². The fourth-order valence-electron chi connectivity index (χ4n) is 2.12. The number of rotatable bonds is 3. The average molecular weight is 299 g/mol. The van der Waals surface area contributed by atoms with E-state index < -0.39 is 6.04 Å². The molecular formula is C13H19ClN4O2. The first-order valence-corrected chi connectivity index (χ1v) is 6.93. The van der Waals surface area contributed by atoms with E-state index in [1.165, 1.54) is 0 Å². The van der Waals surface area contributed by atoms with Crippen molar-refractivity contribution in [3.05, 3.63) is 17.3 Å². The van der Waals surface area contributed by atoms with Gasteiger partial charge in [0.25, 0.3) is 0 Å². The summed E-state index contributed by atoms with van der Waals surface area (Å²) in [6.45, 7) is 5.22. The van der Waals surface area contributed by atoms with Crippen LogP contribution >= 0.6 is 11.6 Å². The van der Waals surface area contributed by atoms with Crippen molar-refractivity contribution >= 4 is 29.0 Å². The molecule has 0 spiro atoms. The number of nitrogen functional groups attached to an aromatic ring is 1. The molecule has 1 aromatic rings. The van der Waals surface area contributed by atoms with E-state index in [1.807, 2.05) is 18.7 Å². The van der Waals surface area contributed by atoms with Gasteiger partial charge in [-0.1, -0.05) is 11.6 Å². The van der Waals surface area contributed by atoms with Crippen LogP contribution in [0.2, 0.25) is 5.15 Å². The Morgan fingerprint density at radius 1 is 1.60 bits per heavy atom. The molecule has 110 valence electrons. The van der Waals surface area contributed by atoms with Gasteiger partial charge in [0.15, 0.2) is 5.82 Å². The second kappa shape index (κ2) is 6.28. The Morgan fingerprint density at radius 3 is 3.05 bits per heavy atom. The van der Waals surface area contributed by atoms with Crippen LogP contribution in [0, 0.1) is 0 Å². The second-order valence-electron chi connectivity index (χ2n) is 4.99. The number of aromatic nitrogens is 1. The third-order valence-corrected chi connectivity index (χ3v) is 3.22. The predicted molar refractivity (Wildman–Crippen MR) is 78.9 cm³/mol. The number of nitrogens with zero attached hydrogens (tertiary/aromatic N) is 2. The smallest absolute Gasteiger partial charge is 0.245 e. The molecule has 1 amide bonds. The van der Waals surface area contributed by atoms with Crippen molar-refractivity contribution in [3.8, 4) is 0 Å². The first kappa shape index (κ1) is 14.9. The van der Waals surface area contributed by atoms with Crippen LogP contribution in [0.15, 0.2) is 12.1 Å². The maximum Gasteiger partial charge on any atom is 0.245 e. The van der Waals surface area contributed by atoms with Crippen molar-refractivity contribution in [3.63, 3.8) is 0 Å². The minimum Gasteiger partial charge on any atom is -0.396 e. The molecule has 2 rings (SSSR count). The molecule has 7 heteroatoms. The van der Waals surface area contributed by atoms with E-state index in [2.05, 4.69) is 10.3 Å². The van der Waals surface area contributed by atoms with Gasteiger partial charge in [-0.05, 0) is 26.0 Å². The molecule has 1 aromatic heterocycles. The number of halogens is 1. The van der Waals surface area contributed by atoms with E-state index in [0.717, 1.165) is 0 Å². The highest BCUT2D eigenvalue weighted by atomic mass is 35.5. The number of nitrogens with two attached hydrogens (primary N) is 1. The largest absolute Gasteiger partial charge is 0.396 e. The minimum absolute atomic E-state index is 0.0657. The molecule has 1 fully saturated rings. The van der Waals surface area contributed by atoms with Crippen LogP contribution in [0.4, 0.5) is 11.5 Å². The Kier molecular flexibility index (Phi) is 4.67. The number of anilines is 2. The number of nitrogens with one attached hydrogen (secondary N) is 1. The average Bonchev–Trinajstić information content (AvgIpc) is 2.41. The highest BCUT2D eigenvalue weighted by Gasteiger charge is 2.31. The van der Waals surface area contributed by atoms with Gasteiger partial charge in [-0.15, -0.1) is 0 Å². The molecule has 1 unspecified atom stereocenters. The summed E-state index contributed by atoms with van der Waals surface area (Å²) in [7, 11) is 0. The number of morpholine rings is 1. The first-order chi connectivity index (χ1) is 9.49. The van der Waals surface area contributed by atoms with Gasteiger partial charge in [0.2, 0.25) is 5.91 Å². The molecule has 0 aromatic carbocycles. The predicted octanol–water partition coefficient (Wildman–Crippen LogP) is 1.05. The molecule has 3 N–H and O–H groups in total. The van der Waals surface area contributed by atoms with Gasteiger partial charge in [-0.2, -0.15) is 0 Å². The fraction of sp³-hybridized carbons (Fsp3) is 0.538. The van der Waals surface area contributed by atoms with Crippen molar-refractivity contribution in [2.75, 3.05) is 30.4 Å². The normalized spacial score (nSPS) is 19.2. The monoisotopic (exact) mass is 298 g/mol. The number of carbonyl (C=O) groups excluding carboxylic acids is 1. The lowest BCUT2D eigenvalue weighted by molar-refractivity contribution is -0.125. The maximum absolute atomic E-state index is 12.3. The number of carbonyl (C=O) groups is 1. The minimum atomic E-state index is -0.445. The standard InChI is InChI=1S/C13H19ClN4O2/c1-8(2)16-13(19)10-7-20-6-5-18(10)12-9(15)3-4-11(14)17-12/h3-4,8,10H,5-7,15H2,1-2H3,(H,16,19). The summed E-state index contributed by atoms with van der Waals surface area (Å²) >= 11 is 5.92. The summed E-state index contributed by atoms with van der Waals surface area (Å²) in [5, 5.41) is 3.23. The Balaban J connectivity index is 2.26. The summed E-state index contributed by atoms with van der Waals surface area (Å²) in [4.78, 5) is 18.3. The van der Waals surface area contributed by atoms with E-state index in [-0.39, 0.29) is 11.9 Å². The SMILES string of the molecule is CC(C)NC(=O)C1COCCN1c1nc(Cl)ccc1N. The Labute approximate surface area is 123 Å². The van der Waals surface area contributed by atoms with Crippen molar-refractivity contribution in [2.45, 2.75) is 25.9 Å². The van der Waals surface area contributed by atoms with Crippen molar-refractivity contribution in [2.24, 2.45) is 0 Å². The van der Waals surface area contributed by atoms with Crippen molar-refractivity contribution in [1.29, 1.82) is 0 Å². The Morgan fingerprint density at radius 2 is 2.35 bits per heavy atom. The van der Waals surface area contributed by atoms with Crippen LogP contribution in [0.3, 0.4) is 0 Å². The lowest BCUT2D eigenvalue weighted by Gasteiger charge is -2.36.